The number of aromatic carboxylic acids is 1. The number of hydrogen-bond acceptors (Lipinski definition) is 8. The van der Waals surface area contributed by atoms with Gasteiger partial charge in [0.2, 0.25) is 11.3 Å². The molecule has 0 saturated heterocycles. The summed E-state index contributed by atoms with van der Waals surface area (Å²) in [6.45, 7) is 10.1. The molecule has 0 radical (unpaired) electrons. The summed E-state index contributed by atoms with van der Waals surface area (Å²) in [7, 11) is 0. The zero-order valence-electron chi connectivity index (χ0n) is 41.6. The first-order valence-corrected chi connectivity index (χ1v) is 25.7. The molecule has 5 aliphatic rings. The van der Waals surface area contributed by atoms with Crippen LogP contribution in [0.2, 0.25) is 0 Å². The van der Waals surface area contributed by atoms with Crippen LogP contribution in [0.1, 0.15) is 132 Å². The number of anilines is 2. The Bertz CT molecular complexity index is 3220. The first kappa shape index (κ1) is 48.1. The maximum atomic E-state index is 14.2. The van der Waals surface area contributed by atoms with E-state index in [1.165, 1.54) is 33.3 Å². The van der Waals surface area contributed by atoms with Gasteiger partial charge in [0.1, 0.15) is 30.4 Å². The molecule has 0 aliphatic carbocycles. The predicted octanol–water partition coefficient (Wildman–Crippen LogP) is 8.62. The average molecular weight is 967 g/mol. The van der Waals surface area contributed by atoms with Gasteiger partial charge in [0.05, 0.1) is 16.8 Å². The number of amides is 3. The number of aryl methyl sites for hydroxylation is 2. The Morgan fingerprint density at radius 1 is 0.792 bits per heavy atom. The SMILES string of the molecule is CC(C)(C)C(N)=CC(=Nc1cccc(CNC(=O)CCC(=O)c2ccc(C(=O)O)c(C3=c4cc5c6c(c4Oc4c3cc3c7c4CCCN7CCCC3)CCC[N+]=6CCCC5)c2)c1)NC(=O)Nc1ccccc1. The molecule has 0 aromatic heterocycles. The number of nitrogens with one attached hydrogen (secondary N) is 3. The van der Waals surface area contributed by atoms with E-state index in [1.807, 2.05) is 57.2 Å². The standard InChI is InChI=1S/C59H63N7O6/c1-59(2,3)49(60)34-50(64-58(71)63-40-17-5-4-6-18-40)62-41-19-11-14-36(30-41)35-61-51(68)25-24-48(67)37-22-23-42(57(69)70)45(31-37)52-46-32-38-15-7-9-26-65-28-12-20-43(53(38)65)55(46)72-56-44-21-13-29-66-27-10-8-16-39(54(44)66)33-47(52)56/h4-6,11,14,17-19,22-23,30-34H,7-10,12-13,15-16,20-21,24-29,35H2,1-3H3,(H5-,60,61,62,63,64,68,69,70,71)/p+1. The zero-order chi connectivity index (χ0) is 50.1. The van der Waals surface area contributed by atoms with E-state index in [4.69, 9.17) is 15.5 Å². The summed E-state index contributed by atoms with van der Waals surface area (Å²) in [5, 5.41) is 21.6. The number of fused-ring (bicyclic) bond motifs is 4. The fourth-order valence-electron chi connectivity index (χ4n) is 11.0. The van der Waals surface area contributed by atoms with E-state index in [-0.39, 0.29) is 47.9 Å². The van der Waals surface area contributed by atoms with Crippen molar-refractivity contribution in [2.45, 2.75) is 104 Å². The van der Waals surface area contributed by atoms with E-state index < -0.39 is 12.0 Å². The predicted molar refractivity (Wildman–Crippen MR) is 282 cm³/mol. The van der Waals surface area contributed by atoms with Gasteiger partial charge in [-0.2, -0.15) is 0 Å². The van der Waals surface area contributed by atoms with Crippen molar-refractivity contribution in [3.63, 3.8) is 0 Å². The van der Waals surface area contributed by atoms with Crippen LogP contribution in [0.4, 0.5) is 21.9 Å². The summed E-state index contributed by atoms with van der Waals surface area (Å²) in [4.78, 5) is 61.2. The molecule has 72 heavy (non-hydrogen) atoms. The third-order valence-electron chi connectivity index (χ3n) is 14.7. The largest absolute Gasteiger partial charge is 0.478 e. The molecule has 6 N–H and O–H groups in total. The molecule has 13 nitrogen and oxygen atoms in total. The second kappa shape index (κ2) is 20.3. The van der Waals surface area contributed by atoms with Crippen LogP contribution in [0.25, 0.3) is 5.57 Å². The highest BCUT2D eigenvalue weighted by atomic mass is 16.5. The number of ketones is 1. The molecule has 10 rings (SSSR count). The summed E-state index contributed by atoms with van der Waals surface area (Å²) in [6.07, 6.45) is 11.5. The zero-order valence-corrected chi connectivity index (χ0v) is 41.6. The van der Waals surface area contributed by atoms with Gasteiger partial charge in [-0.3, -0.25) is 14.9 Å². The number of aliphatic imine (C=N–C) groups is 1. The topological polar surface area (TPSA) is 178 Å². The molecular weight excluding hydrogens is 903 g/mol. The number of allylic oxidation sites excluding steroid dienone is 1. The lowest BCUT2D eigenvalue weighted by Crippen LogP contribution is -2.41. The van der Waals surface area contributed by atoms with E-state index in [9.17, 15) is 24.3 Å². The number of rotatable bonds is 11. The molecule has 3 amide bonds. The Kier molecular flexibility index (Phi) is 13.6. The second-order valence-corrected chi connectivity index (χ2v) is 20.8. The number of amidine groups is 1. The van der Waals surface area contributed by atoms with Gasteiger partial charge in [-0.15, -0.1) is 0 Å². The highest BCUT2D eigenvalue weighted by Crippen LogP contribution is 2.48. The summed E-state index contributed by atoms with van der Waals surface area (Å²) >= 11 is 0. The van der Waals surface area contributed by atoms with E-state index in [1.54, 1.807) is 42.5 Å². The lowest BCUT2D eigenvalue weighted by molar-refractivity contribution is -0.121. The van der Waals surface area contributed by atoms with Crippen LogP contribution in [0, 0.1) is 5.41 Å². The van der Waals surface area contributed by atoms with Gasteiger partial charge in [0.15, 0.2) is 5.78 Å². The van der Waals surface area contributed by atoms with Crippen molar-refractivity contribution in [1.29, 1.82) is 0 Å². The number of para-hydroxylation sites is 1. The summed E-state index contributed by atoms with van der Waals surface area (Å²) in [5.41, 5.74) is 17.3. The van der Waals surface area contributed by atoms with Crippen molar-refractivity contribution in [3.05, 3.63) is 157 Å². The Morgan fingerprint density at radius 2 is 1.57 bits per heavy atom. The molecule has 0 unspecified atom stereocenters. The van der Waals surface area contributed by atoms with Crippen molar-refractivity contribution in [1.82, 2.24) is 15.2 Å². The number of carboxylic acids is 1. The minimum absolute atomic E-state index is 0.0672. The molecule has 0 bridgehead atoms. The van der Waals surface area contributed by atoms with Crippen LogP contribution in [-0.2, 0) is 37.0 Å². The van der Waals surface area contributed by atoms with Gasteiger partial charge in [0.25, 0.3) is 0 Å². The Balaban J connectivity index is 0.928. The van der Waals surface area contributed by atoms with E-state index >= 15 is 0 Å². The molecule has 370 valence electrons. The first-order chi connectivity index (χ1) is 34.8. The molecule has 5 aliphatic heterocycles. The minimum Gasteiger partial charge on any atom is -0.478 e. The second-order valence-electron chi connectivity index (χ2n) is 20.8. The molecule has 5 aromatic rings. The maximum Gasteiger partial charge on any atom is 0.336 e. The first-order valence-electron chi connectivity index (χ1n) is 25.7. The van der Waals surface area contributed by atoms with E-state index in [2.05, 4.69) is 37.6 Å². The number of carbonyl (C=O) groups excluding carboxylic acids is 3. The van der Waals surface area contributed by atoms with Crippen molar-refractivity contribution < 1.29 is 29.0 Å². The minimum atomic E-state index is -1.07. The van der Waals surface area contributed by atoms with Crippen LogP contribution in [0.3, 0.4) is 0 Å². The number of ether oxygens (including phenoxy) is 1. The molecule has 13 heteroatoms. The Morgan fingerprint density at radius 3 is 2.39 bits per heavy atom. The van der Waals surface area contributed by atoms with Gasteiger partial charge in [-0.25, -0.2) is 19.2 Å². The number of carboxylic acid groups (broad SMARTS) is 1. The van der Waals surface area contributed by atoms with Crippen LogP contribution < -0.4 is 46.5 Å². The van der Waals surface area contributed by atoms with Crippen LogP contribution >= 0.6 is 0 Å². The van der Waals surface area contributed by atoms with Crippen LogP contribution in [-0.4, -0.2) is 60.8 Å². The van der Waals surface area contributed by atoms with Crippen molar-refractivity contribution >= 4 is 52.2 Å². The molecule has 5 aromatic carbocycles. The Labute approximate surface area is 420 Å². The average Bonchev–Trinajstić information content (AvgIpc) is 3.71. The molecule has 0 fully saturated rings. The fraction of sp³-hybridized carbons (Fsp3) is 0.356. The van der Waals surface area contributed by atoms with Gasteiger partial charge in [0, 0.05) is 107 Å². The van der Waals surface area contributed by atoms with Gasteiger partial charge >= 0.3 is 12.0 Å². The number of nitrogens with two attached hydrogens (primary N) is 1. The number of Topliss-reactive ketones (excluding diaryl/α,β-unsaturated/α-hetero) is 1. The molecular formula is C59H64N7O6+. The van der Waals surface area contributed by atoms with Crippen molar-refractivity contribution in [2.75, 3.05) is 36.4 Å². The molecule has 5 heterocycles. The fourth-order valence-corrected chi connectivity index (χ4v) is 11.0. The molecule has 0 saturated carbocycles. The number of urea groups is 1. The number of nitrogens with zero attached hydrogens (tertiary/aromatic N) is 3. The lowest BCUT2D eigenvalue weighted by Gasteiger charge is -2.35. The van der Waals surface area contributed by atoms with Gasteiger partial charge < -0.3 is 31.1 Å². The Hall–Kier alpha value is -7.54. The molecule has 0 spiro atoms. The number of hydrogen-bond donors (Lipinski definition) is 5. The monoisotopic (exact) mass is 966 g/mol. The number of carbonyl (C=O) groups is 4. The van der Waals surface area contributed by atoms with Crippen LogP contribution in [0.5, 0.6) is 11.5 Å². The highest BCUT2D eigenvalue weighted by Gasteiger charge is 2.36. The third-order valence-corrected chi connectivity index (χ3v) is 14.7. The summed E-state index contributed by atoms with van der Waals surface area (Å²) < 4.78 is 9.80. The van der Waals surface area contributed by atoms with Crippen LogP contribution in [0.15, 0.2) is 102 Å². The molecule has 0 atom stereocenters. The van der Waals surface area contributed by atoms with E-state index in [0.717, 1.165) is 124 Å². The van der Waals surface area contributed by atoms with Crippen molar-refractivity contribution in [3.8, 4) is 11.5 Å². The summed E-state index contributed by atoms with van der Waals surface area (Å²) in [6, 6.07) is 25.3. The summed E-state index contributed by atoms with van der Waals surface area (Å²) in [5.74, 6) is 0.233. The maximum absolute atomic E-state index is 14.2. The van der Waals surface area contributed by atoms with Crippen molar-refractivity contribution in [2.24, 2.45) is 16.1 Å². The van der Waals surface area contributed by atoms with Gasteiger partial charge in [-0.1, -0.05) is 57.2 Å². The van der Waals surface area contributed by atoms with E-state index in [0.29, 0.717) is 28.2 Å². The third kappa shape index (κ3) is 10.0. The highest BCUT2D eigenvalue weighted by molar-refractivity contribution is 6.09. The normalized spacial score (nSPS) is 16.2. The number of benzene rings is 5. The quantitative estimate of drug-likeness (QED) is 0.0371. The smallest absolute Gasteiger partial charge is 0.336 e. The van der Waals surface area contributed by atoms with Gasteiger partial charge in [-0.05, 0) is 117 Å². The lowest BCUT2D eigenvalue weighted by atomic mass is 9.82.